The van der Waals surface area contributed by atoms with Gasteiger partial charge in [-0.05, 0) is 37.5 Å². The van der Waals surface area contributed by atoms with E-state index in [1.54, 1.807) is 0 Å². The fourth-order valence-corrected chi connectivity index (χ4v) is 5.00. The summed E-state index contributed by atoms with van der Waals surface area (Å²) < 4.78 is 0. The molecule has 14 heavy (non-hydrogen) atoms. The molecule has 0 N–H and O–H groups in total. The summed E-state index contributed by atoms with van der Waals surface area (Å²) in [5, 5.41) is 0. The van der Waals surface area contributed by atoms with Crippen LogP contribution in [0.15, 0.2) is 0 Å². The fourth-order valence-electron chi connectivity index (χ4n) is 5.00. The summed E-state index contributed by atoms with van der Waals surface area (Å²) in [4.78, 5) is 24.1. The number of carbonyl (C=O) groups excluding carboxylic acids is 2. The highest BCUT2D eigenvalue weighted by atomic mass is 16.1. The number of carbonyl (C=O) groups is 2. The zero-order chi connectivity index (χ0) is 9.45. The Kier molecular flexibility index (Phi) is 1.15. The van der Waals surface area contributed by atoms with Crippen molar-refractivity contribution in [1.82, 2.24) is 0 Å². The molecular formula is C12H14O2. The van der Waals surface area contributed by atoms with Crippen LogP contribution in [0.2, 0.25) is 0 Å². The Morgan fingerprint density at radius 3 is 1.21 bits per heavy atom. The third-order valence-corrected chi connectivity index (χ3v) is 5.34. The van der Waals surface area contributed by atoms with Crippen LogP contribution in [-0.4, -0.2) is 11.6 Å². The number of hydrogen-bond donors (Lipinski definition) is 0. The molecule has 4 fully saturated rings. The van der Waals surface area contributed by atoms with E-state index in [-0.39, 0.29) is 0 Å². The molecule has 2 unspecified atom stereocenters. The van der Waals surface area contributed by atoms with E-state index in [1.165, 1.54) is 0 Å². The molecule has 0 amide bonds. The predicted molar refractivity (Wildman–Crippen MR) is 49.4 cm³/mol. The first-order valence-electron chi connectivity index (χ1n) is 5.86. The van der Waals surface area contributed by atoms with Gasteiger partial charge in [-0.15, -0.1) is 0 Å². The monoisotopic (exact) mass is 190 g/mol. The van der Waals surface area contributed by atoms with Gasteiger partial charge in [0.15, 0.2) is 0 Å². The molecule has 2 nitrogen and oxygen atoms in total. The summed E-state index contributed by atoms with van der Waals surface area (Å²) in [7, 11) is 0. The molecule has 4 aliphatic carbocycles. The van der Waals surface area contributed by atoms with E-state index >= 15 is 0 Å². The molecule has 0 spiro atoms. The Morgan fingerprint density at radius 2 is 0.929 bits per heavy atom. The van der Waals surface area contributed by atoms with Crippen molar-refractivity contribution in [3.63, 3.8) is 0 Å². The van der Waals surface area contributed by atoms with Crippen molar-refractivity contribution < 1.29 is 9.59 Å². The second kappa shape index (κ2) is 2.12. The highest BCUT2D eigenvalue weighted by molar-refractivity contribution is 5.96. The van der Waals surface area contributed by atoms with Crippen molar-refractivity contribution in [2.24, 2.45) is 35.5 Å². The third kappa shape index (κ3) is 0.590. The first-order chi connectivity index (χ1) is 6.79. The zero-order valence-corrected chi connectivity index (χ0v) is 8.11. The van der Waals surface area contributed by atoms with Crippen molar-refractivity contribution in [2.75, 3.05) is 0 Å². The lowest BCUT2D eigenvalue weighted by Gasteiger charge is -2.12. The van der Waals surface area contributed by atoms with Gasteiger partial charge in [-0.25, -0.2) is 0 Å². The molecule has 6 atom stereocenters. The van der Waals surface area contributed by atoms with Gasteiger partial charge in [-0.2, -0.15) is 0 Å². The maximum atomic E-state index is 12.0. The normalized spacial score (nSPS) is 58.6. The molecule has 0 radical (unpaired) electrons. The summed E-state index contributed by atoms with van der Waals surface area (Å²) in [6, 6.07) is 0. The van der Waals surface area contributed by atoms with E-state index in [1.807, 2.05) is 0 Å². The van der Waals surface area contributed by atoms with Crippen molar-refractivity contribution in [1.29, 1.82) is 0 Å². The molecular weight excluding hydrogens is 176 g/mol. The zero-order valence-electron chi connectivity index (χ0n) is 8.11. The van der Waals surface area contributed by atoms with Crippen LogP contribution in [0.1, 0.15) is 25.7 Å². The summed E-state index contributed by atoms with van der Waals surface area (Å²) in [6.45, 7) is 0. The third-order valence-electron chi connectivity index (χ3n) is 5.34. The van der Waals surface area contributed by atoms with Crippen LogP contribution in [0.3, 0.4) is 0 Å². The molecule has 2 heteroatoms. The summed E-state index contributed by atoms with van der Waals surface area (Å²) >= 11 is 0. The minimum Gasteiger partial charge on any atom is -0.299 e. The van der Waals surface area contributed by atoms with Gasteiger partial charge in [-0.1, -0.05) is 0 Å². The Labute approximate surface area is 83.1 Å². The Balaban J connectivity index is 1.89. The minimum absolute atomic E-state index is 0.296. The van der Waals surface area contributed by atoms with Gasteiger partial charge >= 0.3 is 0 Å². The molecule has 0 aliphatic heterocycles. The molecule has 74 valence electrons. The predicted octanol–water partition coefficient (Wildman–Crippen LogP) is 1.44. The first-order valence-corrected chi connectivity index (χ1v) is 5.86. The number of Topliss-reactive ketones (excluding diaryl/α,β-unsaturated/α-hetero) is 2. The quantitative estimate of drug-likeness (QED) is 0.579. The number of hydrogen-bond acceptors (Lipinski definition) is 2. The van der Waals surface area contributed by atoms with E-state index in [0.29, 0.717) is 47.1 Å². The van der Waals surface area contributed by atoms with Crippen molar-refractivity contribution >= 4 is 11.6 Å². The van der Waals surface area contributed by atoms with Gasteiger partial charge in [0.05, 0.1) is 0 Å². The summed E-state index contributed by atoms with van der Waals surface area (Å²) in [6.07, 6.45) is 4.05. The maximum Gasteiger partial charge on any atom is 0.139 e. The molecule has 0 bridgehead atoms. The average molecular weight is 190 g/mol. The van der Waals surface area contributed by atoms with Crippen LogP contribution in [0, 0.1) is 35.5 Å². The van der Waals surface area contributed by atoms with Crippen LogP contribution in [-0.2, 0) is 9.59 Å². The fraction of sp³-hybridized carbons (Fsp3) is 0.833. The molecule has 0 aromatic carbocycles. The van der Waals surface area contributed by atoms with E-state index < -0.39 is 0 Å². The highest BCUT2D eigenvalue weighted by Gasteiger charge is 2.66. The molecule has 0 aromatic heterocycles. The van der Waals surface area contributed by atoms with Gasteiger partial charge < -0.3 is 0 Å². The number of rotatable bonds is 0. The SMILES string of the molecule is O=C1[C@H]2CC[C@@H]3C(=O)[C@@H]4CC[C@H]1C4C23. The van der Waals surface area contributed by atoms with E-state index in [9.17, 15) is 9.59 Å². The molecule has 4 rings (SSSR count). The lowest BCUT2D eigenvalue weighted by Crippen LogP contribution is -2.16. The molecule has 0 saturated heterocycles. The minimum atomic E-state index is 0.296. The number of ketones is 2. The van der Waals surface area contributed by atoms with Crippen LogP contribution in [0.4, 0.5) is 0 Å². The van der Waals surface area contributed by atoms with Gasteiger partial charge in [0.2, 0.25) is 0 Å². The highest BCUT2D eigenvalue weighted by Crippen LogP contribution is 2.64. The topological polar surface area (TPSA) is 34.1 Å². The Hall–Kier alpha value is -0.660. The smallest absolute Gasteiger partial charge is 0.139 e. The standard InChI is InChI=1S/C12H14O2/c13-11-5-1-2-6-9(5)10-7(11)3-4-8(10)12(6)14/h5-10H,1-4H2/t5-,6-,7-,8+,9?,10?/m0/s1. The van der Waals surface area contributed by atoms with Gasteiger partial charge in [0.1, 0.15) is 11.6 Å². The Morgan fingerprint density at radius 1 is 0.643 bits per heavy atom. The van der Waals surface area contributed by atoms with Crippen molar-refractivity contribution in [3.8, 4) is 0 Å². The lowest BCUT2D eigenvalue weighted by atomic mass is 9.90. The maximum absolute atomic E-state index is 12.0. The van der Waals surface area contributed by atoms with E-state index in [0.717, 1.165) is 25.7 Å². The van der Waals surface area contributed by atoms with Crippen LogP contribution < -0.4 is 0 Å². The summed E-state index contributed by atoms with van der Waals surface area (Å²) in [5.41, 5.74) is 0. The van der Waals surface area contributed by atoms with Crippen LogP contribution >= 0.6 is 0 Å². The lowest BCUT2D eigenvalue weighted by molar-refractivity contribution is -0.125. The summed E-state index contributed by atoms with van der Waals surface area (Å²) in [5.74, 6) is 3.22. The van der Waals surface area contributed by atoms with Crippen LogP contribution in [0.25, 0.3) is 0 Å². The van der Waals surface area contributed by atoms with E-state index in [2.05, 4.69) is 0 Å². The largest absolute Gasteiger partial charge is 0.299 e. The van der Waals surface area contributed by atoms with Crippen LogP contribution in [0.5, 0.6) is 0 Å². The first kappa shape index (κ1) is 7.61. The molecule has 0 heterocycles. The second-order valence-corrected chi connectivity index (χ2v) is 5.54. The van der Waals surface area contributed by atoms with E-state index in [4.69, 9.17) is 0 Å². The molecule has 4 aliphatic rings. The van der Waals surface area contributed by atoms with Crippen molar-refractivity contribution in [2.45, 2.75) is 25.7 Å². The second-order valence-electron chi connectivity index (χ2n) is 5.54. The Bertz CT molecular complexity index is 284. The average Bonchev–Trinajstić information content (AvgIpc) is 2.83. The molecule has 0 aromatic rings. The van der Waals surface area contributed by atoms with Gasteiger partial charge in [0.25, 0.3) is 0 Å². The molecule has 4 saturated carbocycles. The van der Waals surface area contributed by atoms with Crippen molar-refractivity contribution in [3.05, 3.63) is 0 Å². The van der Waals surface area contributed by atoms with Gasteiger partial charge in [-0.3, -0.25) is 9.59 Å². The van der Waals surface area contributed by atoms with Gasteiger partial charge in [0, 0.05) is 23.7 Å².